The van der Waals surface area contributed by atoms with Crippen molar-refractivity contribution in [2.24, 2.45) is 5.73 Å². The van der Waals surface area contributed by atoms with Crippen LogP contribution >= 0.6 is 12.2 Å². The average molecular weight is 298 g/mol. The van der Waals surface area contributed by atoms with E-state index in [0.717, 1.165) is 52.1 Å². The van der Waals surface area contributed by atoms with Crippen LogP contribution in [0.1, 0.15) is 32.6 Å². The van der Waals surface area contributed by atoms with Crippen LogP contribution in [0.2, 0.25) is 0 Å². The van der Waals surface area contributed by atoms with Crippen molar-refractivity contribution in [1.29, 1.82) is 0 Å². The predicted molar refractivity (Wildman–Crippen MR) is 84.8 cm³/mol. The maximum atomic E-state index is 12.5. The molecule has 1 unspecified atom stereocenters. The van der Waals surface area contributed by atoms with Gasteiger partial charge in [-0.05, 0) is 19.8 Å². The molecule has 2 heterocycles. The Morgan fingerprint density at radius 2 is 1.45 bits per heavy atom. The van der Waals surface area contributed by atoms with E-state index in [1.165, 1.54) is 12.8 Å². The smallest absolute Gasteiger partial charge is 0.320 e. The molecule has 0 aromatic heterocycles. The van der Waals surface area contributed by atoms with Crippen molar-refractivity contribution in [1.82, 2.24) is 14.7 Å². The summed E-state index contributed by atoms with van der Waals surface area (Å²) >= 11 is 5.04. The second-order valence-corrected chi connectivity index (χ2v) is 6.26. The largest absolute Gasteiger partial charge is 0.392 e. The molecule has 2 amide bonds. The highest BCUT2D eigenvalue weighted by atomic mass is 32.1. The van der Waals surface area contributed by atoms with E-state index in [1.807, 2.05) is 16.7 Å². The summed E-state index contributed by atoms with van der Waals surface area (Å²) in [5, 5.41) is 0. The molecule has 114 valence electrons. The SMILES string of the molecule is CC(C(N)=S)N1CCN(C(=O)N2CCCCCC2)CC1. The number of amides is 2. The van der Waals surface area contributed by atoms with E-state index in [9.17, 15) is 4.79 Å². The summed E-state index contributed by atoms with van der Waals surface area (Å²) in [6.07, 6.45) is 4.79. The molecule has 2 fully saturated rings. The first kappa shape index (κ1) is 15.5. The lowest BCUT2D eigenvalue weighted by atomic mass is 10.2. The standard InChI is InChI=1S/C14H26N4OS/c1-12(13(15)20)16-8-10-18(11-9-16)14(19)17-6-4-2-3-5-7-17/h12H,2-11H2,1H3,(H2,15,20). The fourth-order valence-electron chi connectivity index (χ4n) is 2.94. The summed E-state index contributed by atoms with van der Waals surface area (Å²) in [7, 11) is 0. The monoisotopic (exact) mass is 298 g/mol. The van der Waals surface area contributed by atoms with Gasteiger partial charge in [0, 0.05) is 39.3 Å². The Hall–Kier alpha value is -0.880. The number of thiocarbonyl (C=S) groups is 1. The summed E-state index contributed by atoms with van der Waals surface area (Å²) in [6, 6.07) is 0.343. The molecule has 5 nitrogen and oxygen atoms in total. The molecule has 0 aromatic carbocycles. The lowest BCUT2D eigenvalue weighted by Crippen LogP contribution is -2.56. The van der Waals surface area contributed by atoms with Crippen LogP contribution in [0.15, 0.2) is 0 Å². The molecule has 0 aromatic rings. The summed E-state index contributed by atoms with van der Waals surface area (Å²) in [4.78, 5) is 19.3. The van der Waals surface area contributed by atoms with Gasteiger partial charge in [0.05, 0.1) is 11.0 Å². The quantitative estimate of drug-likeness (QED) is 0.780. The first-order valence-electron chi connectivity index (χ1n) is 7.67. The van der Waals surface area contributed by atoms with Gasteiger partial charge in [-0.25, -0.2) is 4.79 Å². The van der Waals surface area contributed by atoms with Gasteiger partial charge in [0.25, 0.3) is 0 Å². The van der Waals surface area contributed by atoms with Crippen molar-refractivity contribution in [3.8, 4) is 0 Å². The molecule has 0 spiro atoms. The Labute approximate surface area is 127 Å². The van der Waals surface area contributed by atoms with Crippen LogP contribution in [0, 0.1) is 0 Å². The number of carbonyl (C=O) groups is 1. The van der Waals surface area contributed by atoms with E-state index in [2.05, 4.69) is 4.90 Å². The normalized spacial score (nSPS) is 23.2. The van der Waals surface area contributed by atoms with Crippen LogP contribution in [0.5, 0.6) is 0 Å². The van der Waals surface area contributed by atoms with Crippen molar-refractivity contribution in [3.63, 3.8) is 0 Å². The number of piperazine rings is 1. The van der Waals surface area contributed by atoms with Crippen molar-refractivity contribution < 1.29 is 4.79 Å². The van der Waals surface area contributed by atoms with Crippen LogP contribution in [0.4, 0.5) is 4.79 Å². The minimum atomic E-state index is 0.125. The fourth-order valence-corrected chi connectivity index (χ4v) is 3.09. The molecule has 2 aliphatic heterocycles. The Kier molecular flexibility index (Phi) is 5.60. The highest BCUT2D eigenvalue weighted by Crippen LogP contribution is 2.14. The first-order valence-corrected chi connectivity index (χ1v) is 8.07. The van der Waals surface area contributed by atoms with Crippen LogP contribution in [0.3, 0.4) is 0 Å². The van der Waals surface area contributed by atoms with Crippen molar-refractivity contribution >= 4 is 23.2 Å². The van der Waals surface area contributed by atoms with E-state index in [-0.39, 0.29) is 12.1 Å². The minimum absolute atomic E-state index is 0.125. The van der Waals surface area contributed by atoms with Gasteiger partial charge in [-0.15, -0.1) is 0 Å². The van der Waals surface area contributed by atoms with Crippen LogP contribution < -0.4 is 5.73 Å². The average Bonchev–Trinajstić information content (AvgIpc) is 2.75. The number of hydrogen-bond acceptors (Lipinski definition) is 3. The molecule has 2 saturated heterocycles. The molecule has 0 bridgehead atoms. The number of hydrogen-bond donors (Lipinski definition) is 1. The first-order chi connectivity index (χ1) is 9.59. The lowest BCUT2D eigenvalue weighted by Gasteiger charge is -2.39. The van der Waals surface area contributed by atoms with E-state index in [0.29, 0.717) is 4.99 Å². The molecule has 6 heteroatoms. The van der Waals surface area contributed by atoms with E-state index in [1.54, 1.807) is 0 Å². The van der Waals surface area contributed by atoms with Gasteiger partial charge < -0.3 is 15.5 Å². The summed E-state index contributed by atoms with van der Waals surface area (Å²) in [6.45, 7) is 7.15. The Morgan fingerprint density at radius 1 is 0.950 bits per heavy atom. The van der Waals surface area contributed by atoms with E-state index in [4.69, 9.17) is 18.0 Å². The second-order valence-electron chi connectivity index (χ2n) is 5.79. The molecule has 0 radical (unpaired) electrons. The van der Waals surface area contributed by atoms with Crippen LogP contribution in [0.25, 0.3) is 0 Å². The zero-order valence-corrected chi connectivity index (χ0v) is 13.2. The van der Waals surface area contributed by atoms with Gasteiger partial charge in [-0.3, -0.25) is 4.90 Å². The molecule has 2 aliphatic rings. The molecule has 0 saturated carbocycles. The summed E-state index contributed by atoms with van der Waals surface area (Å²) < 4.78 is 0. The summed E-state index contributed by atoms with van der Waals surface area (Å²) in [5.41, 5.74) is 5.70. The topological polar surface area (TPSA) is 52.8 Å². The Balaban J connectivity index is 1.83. The lowest BCUT2D eigenvalue weighted by molar-refractivity contribution is 0.108. The Bertz CT molecular complexity index is 347. The molecule has 1 atom stereocenters. The third-order valence-electron chi connectivity index (χ3n) is 4.42. The molecular weight excluding hydrogens is 272 g/mol. The zero-order valence-electron chi connectivity index (χ0n) is 12.4. The van der Waals surface area contributed by atoms with Crippen LogP contribution in [-0.4, -0.2) is 71.0 Å². The van der Waals surface area contributed by atoms with Gasteiger partial charge in [0.15, 0.2) is 0 Å². The maximum absolute atomic E-state index is 12.5. The molecule has 20 heavy (non-hydrogen) atoms. The third kappa shape index (κ3) is 3.82. The third-order valence-corrected chi connectivity index (χ3v) is 4.76. The minimum Gasteiger partial charge on any atom is -0.392 e. The van der Waals surface area contributed by atoms with Gasteiger partial charge in [-0.1, -0.05) is 25.1 Å². The number of urea groups is 1. The molecule has 0 aliphatic carbocycles. The summed E-state index contributed by atoms with van der Waals surface area (Å²) in [5.74, 6) is 0. The second kappa shape index (κ2) is 7.22. The number of rotatable bonds is 2. The maximum Gasteiger partial charge on any atom is 0.320 e. The van der Waals surface area contributed by atoms with E-state index >= 15 is 0 Å². The van der Waals surface area contributed by atoms with Gasteiger partial charge in [0.2, 0.25) is 0 Å². The predicted octanol–water partition coefficient (Wildman–Crippen LogP) is 1.27. The number of carbonyl (C=O) groups excluding carboxylic acids is 1. The van der Waals surface area contributed by atoms with Gasteiger partial charge >= 0.3 is 6.03 Å². The highest BCUT2D eigenvalue weighted by molar-refractivity contribution is 7.80. The van der Waals surface area contributed by atoms with Crippen molar-refractivity contribution in [2.45, 2.75) is 38.6 Å². The van der Waals surface area contributed by atoms with Crippen LogP contribution in [-0.2, 0) is 0 Å². The van der Waals surface area contributed by atoms with Gasteiger partial charge in [-0.2, -0.15) is 0 Å². The molecule has 2 rings (SSSR count). The fraction of sp³-hybridized carbons (Fsp3) is 0.857. The number of nitrogens with zero attached hydrogens (tertiary/aromatic N) is 3. The molecule has 2 N–H and O–H groups in total. The highest BCUT2D eigenvalue weighted by Gasteiger charge is 2.27. The van der Waals surface area contributed by atoms with Gasteiger partial charge in [0.1, 0.15) is 0 Å². The Morgan fingerprint density at radius 3 is 1.95 bits per heavy atom. The zero-order chi connectivity index (χ0) is 14.5. The number of nitrogens with two attached hydrogens (primary N) is 1. The molecular formula is C14H26N4OS. The van der Waals surface area contributed by atoms with Crippen molar-refractivity contribution in [3.05, 3.63) is 0 Å². The number of likely N-dealkylation sites (tertiary alicyclic amines) is 1. The van der Waals surface area contributed by atoms with Crippen molar-refractivity contribution in [2.75, 3.05) is 39.3 Å². The van der Waals surface area contributed by atoms with E-state index < -0.39 is 0 Å².